The van der Waals surface area contributed by atoms with Crippen LogP contribution in [0.25, 0.3) is 0 Å². The van der Waals surface area contributed by atoms with Gasteiger partial charge in [0.1, 0.15) is 0 Å². The summed E-state index contributed by atoms with van der Waals surface area (Å²) in [4.78, 5) is 0. The molecule has 218 valence electrons. The molecule has 4 aromatic carbocycles. The average Bonchev–Trinajstić information content (AvgIpc) is 3.72. The number of alkyl halides is 2. The first-order valence-electron chi connectivity index (χ1n) is 12.0. The summed E-state index contributed by atoms with van der Waals surface area (Å²) in [5.41, 5.74) is 17.7. The van der Waals surface area contributed by atoms with Gasteiger partial charge in [-0.1, -0.05) is 132 Å². The van der Waals surface area contributed by atoms with E-state index in [0.29, 0.717) is 0 Å². The Bertz CT molecular complexity index is 1460. The van der Waals surface area contributed by atoms with Crippen molar-refractivity contribution in [3.05, 3.63) is 178 Å². The number of hydrogen-bond acceptors (Lipinski definition) is 0. The van der Waals surface area contributed by atoms with E-state index in [-0.39, 0.29) is 67.6 Å². The first kappa shape index (κ1) is 41.2. The fraction of sp³-hybridized carbons (Fsp3) is 0.0286. The van der Waals surface area contributed by atoms with Gasteiger partial charge in [-0.2, -0.15) is 0 Å². The maximum absolute atomic E-state index is 4.76. The number of hydrogen-bond donors (Lipinski definition) is 0. The molecule has 43 heavy (non-hydrogen) atoms. The SMILES string of the molecule is C1=C=[C-]C(P(c2ccccc2)c2ccccc2)=C=1.C1=C=[C-]C(P(c2ccccc2)c2ccccc2)=C=1.ClCCl.[Cl-].[Cl-].[Fe+2].[Pd+2]. The second-order valence-corrected chi connectivity index (χ2v) is 12.9. The van der Waals surface area contributed by atoms with Crippen LogP contribution in [-0.4, -0.2) is 5.34 Å². The second-order valence-electron chi connectivity index (χ2n) is 7.81. The molecule has 0 fully saturated rings. The number of halogens is 4. The Hall–Kier alpha value is -1.76. The quantitative estimate of drug-likeness (QED) is 0.0921. The molecule has 0 nitrogen and oxygen atoms in total. The van der Waals surface area contributed by atoms with Crippen molar-refractivity contribution in [3.8, 4) is 0 Å². The molecule has 0 unspecified atom stereocenters. The standard InChI is InChI=1S/2C17H10P.CH2Cl2.2ClH.Fe.Pd/c2*1-3-9-15(10-4-1)18(17-13-7-8-14-17)16-11-5-2-6-12-16;2-1-3;;;;/h2*1-6,9-12H;1H2;2*1H;;/q2*-1;;;;2*+2/p-2. The van der Waals surface area contributed by atoms with Crippen LogP contribution in [0.2, 0.25) is 0 Å². The number of benzene rings is 4. The van der Waals surface area contributed by atoms with Crippen LogP contribution in [0.15, 0.2) is 166 Å². The first-order chi connectivity index (χ1) is 19.3. The Morgan fingerprint density at radius 2 is 0.721 bits per heavy atom. The average molecular weight is 809 g/mol. The van der Waals surface area contributed by atoms with Gasteiger partial charge in [0.15, 0.2) is 0 Å². The summed E-state index contributed by atoms with van der Waals surface area (Å²) in [6.45, 7) is 0. The Labute approximate surface area is 303 Å². The molecule has 0 heterocycles. The van der Waals surface area contributed by atoms with Crippen LogP contribution in [0.1, 0.15) is 0 Å². The molecule has 0 amide bonds. The predicted octanol–water partition coefficient (Wildman–Crippen LogP) is 2.00. The zero-order chi connectivity index (χ0) is 27.1. The van der Waals surface area contributed by atoms with Crippen molar-refractivity contribution in [1.29, 1.82) is 0 Å². The first-order valence-corrected chi connectivity index (χ1v) is 15.8. The van der Waals surface area contributed by atoms with E-state index in [9.17, 15) is 0 Å². The van der Waals surface area contributed by atoms with Crippen molar-refractivity contribution in [3.63, 3.8) is 0 Å². The van der Waals surface area contributed by atoms with Crippen molar-refractivity contribution in [2.45, 2.75) is 0 Å². The van der Waals surface area contributed by atoms with E-state index < -0.39 is 15.8 Å². The van der Waals surface area contributed by atoms with Gasteiger partial charge < -0.3 is 24.8 Å². The van der Waals surface area contributed by atoms with Crippen molar-refractivity contribution in [1.82, 2.24) is 0 Å². The molecule has 0 bridgehead atoms. The maximum Gasteiger partial charge on any atom is 2.00 e. The molecule has 0 aromatic heterocycles. The zero-order valence-electron chi connectivity index (χ0n) is 22.3. The van der Waals surface area contributed by atoms with Gasteiger partial charge in [0.2, 0.25) is 0 Å². The molecule has 4 aromatic rings. The van der Waals surface area contributed by atoms with E-state index in [4.69, 9.17) is 23.2 Å². The van der Waals surface area contributed by atoms with Crippen molar-refractivity contribution in [2.24, 2.45) is 0 Å². The van der Waals surface area contributed by atoms with Gasteiger partial charge in [-0.25, -0.2) is 11.5 Å². The van der Waals surface area contributed by atoms with Crippen LogP contribution >= 0.6 is 39.0 Å². The Morgan fingerprint density at radius 3 is 0.907 bits per heavy atom. The summed E-state index contributed by atoms with van der Waals surface area (Å²) in [5, 5.41) is 7.53. The van der Waals surface area contributed by atoms with Gasteiger partial charge >= 0.3 is 37.5 Å². The van der Waals surface area contributed by atoms with Crippen LogP contribution in [0.5, 0.6) is 0 Å². The minimum atomic E-state index is -0.583. The van der Waals surface area contributed by atoms with Gasteiger partial charge in [-0.15, -0.1) is 35.4 Å². The summed E-state index contributed by atoms with van der Waals surface area (Å²) >= 11 is 9.53. The summed E-state index contributed by atoms with van der Waals surface area (Å²) in [5.74, 6) is 0. The molecular weight excluding hydrogens is 786 g/mol. The molecule has 0 saturated carbocycles. The number of allylic oxidation sites excluding steroid dienone is 4. The van der Waals surface area contributed by atoms with Gasteiger partial charge in [0, 0.05) is 0 Å². The van der Waals surface area contributed by atoms with Crippen LogP contribution in [-0.2, 0) is 37.5 Å². The van der Waals surface area contributed by atoms with Crippen molar-refractivity contribution < 1.29 is 62.3 Å². The summed E-state index contributed by atoms with van der Waals surface area (Å²) in [6, 6.07) is 42.0. The predicted molar refractivity (Wildman–Crippen MR) is 169 cm³/mol. The summed E-state index contributed by atoms with van der Waals surface area (Å²) in [6.07, 6.45) is 6.25. The van der Waals surface area contributed by atoms with E-state index in [1.165, 1.54) is 21.2 Å². The molecule has 2 aliphatic carbocycles. The van der Waals surface area contributed by atoms with Gasteiger partial charge in [0.25, 0.3) is 0 Å². The van der Waals surface area contributed by atoms with E-state index in [1.807, 2.05) is 24.3 Å². The minimum Gasteiger partial charge on any atom is -1.00 e. The third-order valence-electron chi connectivity index (χ3n) is 5.35. The molecule has 0 radical (unpaired) electrons. The Balaban J connectivity index is 0.000000693. The summed E-state index contributed by atoms with van der Waals surface area (Å²) in [7, 11) is -1.17. The number of rotatable bonds is 6. The van der Waals surface area contributed by atoms with E-state index in [0.717, 1.165) is 10.6 Å². The third kappa shape index (κ3) is 12.6. The summed E-state index contributed by atoms with van der Waals surface area (Å²) < 4.78 is 0. The van der Waals surface area contributed by atoms with Crippen molar-refractivity contribution in [2.75, 3.05) is 5.34 Å². The second kappa shape index (κ2) is 23.6. The minimum absolute atomic E-state index is 0. The van der Waals surface area contributed by atoms with E-state index >= 15 is 0 Å². The van der Waals surface area contributed by atoms with Gasteiger partial charge in [-0.3, -0.25) is 22.9 Å². The molecule has 2 aliphatic rings. The fourth-order valence-corrected chi connectivity index (χ4v) is 7.95. The topological polar surface area (TPSA) is 0 Å². The Morgan fingerprint density at radius 1 is 0.488 bits per heavy atom. The van der Waals surface area contributed by atoms with Crippen LogP contribution in [0.3, 0.4) is 0 Å². The third-order valence-corrected chi connectivity index (χ3v) is 9.95. The molecule has 0 aliphatic heterocycles. The largest absolute Gasteiger partial charge is 2.00 e. The normalized spacial score (nSPS) is 10.6. The van der Waals surface area contributed by atoms with E-state index in [1.54, 1.807) is 0 Å². The molecule has 6 rings (SSSR count). The Kier molecular flexibility index (Phi) is 22.6. The molecule has 0 saturated heterocycles. The maximum atomic E-state index is 4.76. The van der Waals surface area contributed by atoms with Crippen LogP contribution in [0, 0.1) is 12.2 Å². The molecule has 0 atom stereocenters. The fourth-order valence-electron chi connectivity index (χ4n) is 3.77. The monoisotopic (exact) mass is 806 g/mol. The van der Waals surface area contributed by atoms with Crippen LogP contribution in [0.4, 0.5) is 0 Å². The van der Waals surface area contributed by atoms with Gasteiger partial charge in [0.05, 0.1) is 5.34 Å². The van der Waals surface area contributed by atoms with Crippen molar-refractivity contribution >= 4 is 60.3 Å². The van der Waals surface area contributed by atoms with Crippen LogP contribution < -0.4 is 46.0 Å². The molecule has 0 spiro atoms. The molecule has 0 N–H and O–H groups in total. The van der Waals surface area contributed by atoms with Gasteiger partial charge in [-0.05, 0) is 37.1 Å². The zero-order valence-corrected chi connectivity index (χ0v) is 29.8. The molecular formula is C35H22Cl4FeP2Pd. The molecule has 8 heteroatoms. The smallest absolute Gasteiger partial charge is 1.00 e. The van der Waals surface area contributed by atoms with E-state index in [2.05, 4.69) is 144 Å².